The first-order valence-corrected chi connectivity index (χ1v) is 10.9. The number of carbonyl (C=O) groups is 2. The Morgan fingerprint density at radius 2 is 1.74 bits per heavy atom. The number of nitrogens with zero attached hydrogens (tertiary/aromatic N) is 1. The summed E-state index contributed by atoms with van der Waals surface area (Å²) in [5.74, 6) is 0.369. The van der Waals surface area contributed by atoms with Crippen LogP contribution in [0.4, 0.5) is 10.5 Å². The number of rotatable bonds is 5. The van der Waals surface area contributed by atoms with E-state index >= 15 is 0 Å². The first kappa shape index (κ1) is 21.2. The highest BCUT2D eigenvalue weighted by Gasteiger charge is 2.37. The van der Waals surface area contributed by atoms with Gasteiger partial charge in [-0.25, -0.2) is 4.90 Å². The zero-order chi connectivity index (χ0) is 22.0. The van der Waals surface area contributed by atoms with Crippen molar-refractivity contribution < 1.29 is 14.3 Å². The maximum atomic E-state index is 13.0. The topological polar surface area (TPSA) is 46.6 Å². The van der Waals surface area contributed by atoms with Crippen LogP contribution in [0.3, 0.4) is 0 Å². The zero-order valence-corrected chi connectivity index (χ0v) is 18.7. The maximum Gasteiger partial charge on any atom is 0.298 e. The van der Waals surface area contributed by atoms with Crippen molar-refractivity contribution in [2.45, 2.75) is 20.5 Å². The molecule has 0 unspecified atom stereocenters. The minimum absolute atomic E-state index is 0.292. The lowest BCUT2D eigenvalue weighted by molar-refractivity contribution is -0.113. The summed E-state index contributed by atoms with van der Waals surface area (Å²) in [7, 11) is 0. The molecular weight excluding hydrogens is 430 g/mol. The standard InChI is InChI=1S/C25H20ClNO3S/c1-16-5-3-8-22(17(16)2)27-24(28)23(31-25(27)29)14-19-6-4-7-21(13-19)30-15-18-9-11-20(26)12-10-18/h3-14H,15H2,1-2H3/b23-14-. The molecule has 0 bridgehead atoms. The molecule has 1 aliphatic heterocycles. The Kier molecular flexibility index (Phi) is 6.16. The molecule has 4 nitrogen and oxygen atoms in total. The van der Waals surface area contributed by atoms with Crippen LogP contribution in [-0.2, 0) is 11.4 Å². The van der Waals surface area contributed by atoms with Gasteiger partial charge >= 0.3 is 0 Å². The van der Waals surface area contributed by atoms with Gasteiger partial charge in [-0.15, -0.1) is 0 Å². The van der Waals surface area contributed by atoms with E-state index in [1.165, 1.54) is 4.90 Å². The highest BCUT2D eigenvalue weighted by molar-refractivity contribution is 8.19. The molecule has 1 saturated heterocycles. The fourth-order valence-electron chi connectivity index (χ4n) is 3.25. The number of amides is 2. The Labute approximate surface area is 190 Å². The van der Waals surface area contributed by atoms with Crippen LogP contribution in [0.5, 0.6) is 5.75 Å². The molecule has 1 heterocycles. The summed E-state index contributed by atoms with van der Waals surface area (Å²) in [6, 6.07) is 20.5. The van der Waals surface area contributed by atoms with Gasteiger partial charge in [0.05, 0.1) is 10.6 Å². The molecule has 6 heteroatoms. The molecule has 0 atom stereocenters. The van der Waals surface area contributed by atoms with E-state index in [0.29, 0.717) is 28.0 Å². The lowest BCUT2D eigenvalue weighted by Crippen LogP contribution is -2.28. The quantitative estimate of drug-likeness (QED) is 0.403. The third-order valence-electron chi connectivity index (χ3n) is 5.09. The third kappa shape index (κ3) is 4.68. The van der Waals surface area contributed by atoms with E-state index in [0.717, 1.165) is 34.0 Å². The van der Waals surface area contributed by atoms with Crippen LogP contribution in [0.25, 0.3) is 6.08 Å². The molecule has 156 valence electrons. The Balaban J connectivity index is 1.53. The zero-order valence-electron chi connectivity index (χ0n) is 17.1. The summed E-state index contributed by atoms with van der Waals surface area (Å²) in [5.41, 5.74) is 4.38. The average Bonchev–Trinajstić information content (AvgIpc) is 3.03. The van der Waals surface area contributed by atoms with E-state index in [-0.39, 0.29) is 11.1 Å². The molecule has 0 spiro atoms. The first-order chi connectivity index (χ1) is 14.9. The van der Waals surface area contributed by atoms with Gasteiger partial charge in [0.1, 0.15) is 12.4 Å². The third-order valence-corrected chi connectivity index (χ3v) is 6.21. The Hall–Kier alpha value is -3.02. The van der Waals surface area contributed by atoms with Crippen molar-refractivity contribution in [3.8, 4) is 5.75 Å². The number of ether oxygens (including phenoxy) is 1. The largest absolute Gasteiger partial charge is 0.489 e. The molecule has 1 aliphatic rings. The maximum absolute atomic E-state index is 13.0. The fraction of sp³-hybridized carbons (Fsp3) is 0.120. The summed E-state index contributed by atoms with van der Waals surface area (Å²) >= 11 is 6.86. The van der Waals surface area contributed by atoms with E-state index in [4.69, 9.17) is 16.3 Å². The van der Waals surface area contributed by atoms with E-state index in [9.17, 15) is 9.59 Å². The Morgan fingerprint density at radius 3 is 2.52 bits per heavy atom. The van der Waals surface area contributed by atoms with Gasteiger partial charge < -0.3 is 4.74 Å². The summed E-state index contributed by atoms with van der Waals surface area (Å²) in [6.45, 7) is 4.28. The van der Waals surface area contributed by atoms with Crippen molar-refractivity contribution in [1.82, 2.24) is 0 Å². The highest BCUT2D eigenvalue weighted by atomic mass is 35.5. The molecule has 3 aromatic rings. The van der Waals surface area contributed by atoms with Crippen molar-refractivity contribution >= 4 is 46.3 Å². The number of carbonyl (C=O) groups excluding carboxylic acids is 2. The van der Waals surface area contributed by atoms with Crippen molar-refractivity contribution in [1.29, 1.82) is 0 Å². The van der Waals surface area contributed by atoms with E-state index in [2.05, 4.69) is 0 Å². The van der Waals surface area contributed by atoms with Crippen molar-refractivity contribution in [2.24, 2.45) is 0 Å². The average molecular weight is 450 g/mol. The monoisotopic (exact) mass is 449 g/mol. The Bertz CT molecular complexity index is 1190. The molecule has 31 heavy (non-hydrogen) atoms. The molecular formula is C25H20ClNO3S. The van der Waals surface area contributed by atoms with Crippen LogP contribution in [0.2, 0.25) is 5.02 Å². The molecule has 0 aromatic heterocycles. The number of hydrogen-bond acceptors (Lipinski definition) is 4. The normalized spacial score (nSPS) is 15.1. The van der Waals surface area contributed by atoms with Gasteiger partial charge in [-0.2, -0.15) is 0 Å². The van der Waals surface area contributed by atoms with Crippen molar-refractivity contribution in [3.63, 3.8) is 0 Å². The minimum atomic E-state index is -0.309. The minimum Gasteiger partial charge on any atom is -0.489 e. The lowest BCUT2D eigenvalue weighted by atomic mass is 10.1. The van der Waals surface area contributed by atoms with Gasteiger partial charge in [0.2, 0.25) is 0 Å². The van der Waals surface area contributed by atoms with Gasteiger partial charge in [-0.1, -0.05) is 48.0 Å². The molecule has 0 saturated carbocycles. The van der Waals surface area contributed by atoms with Crippen molar-refractivity contribution in [2.75, 3.05) is 4.90 Å². The van der Waals surface area contributed by atoms with Gasteiger partial charge in [-0.05, 0) is 84.3 Å². The van der Waals surface area contributed by atoms with Gasteiger partial charge in [-0.3, -0.25) is 9.59 Å². The lowest BCUT2D eigenvalue weighted by Gasteiger charge is -2.16. The second-order valence-corrected chi connectivity index (χ2v) is 8.65. The summed E-state index contributed by atoms with van der Waals surface area (Å²) in [4.78, 5) is 27.2. The van der Waals surface area contributed by atoms with Crippen molar-refractivity contribution in [3.05, 3.63) is 98.9 Å². The second-order valence-electron chi connectivity index (χ2n) is 7.22. The SMILES string of the molecule is Cc1cccc(N2C(=O)S/C(=C\c3cccc(OCc4ccc(Cl)cc4)c3)C2=O)c1C. The number of hydrogen-bond donors (Lipinski definition) is 0. The predicted molar refractivity (Wildman–Crippen MR) is 127 cm³/mol. The summed E-state index contributed by atoms with van der Waals surface area (Å²) in [5, 5.41) is 0.389. The molecule has 4 rings (SSSR count). The molecule has 1 fully saturated rings. The van der Waals surface area contributed by atoms with Crippen LogP contribution in [-0.4, -0.2) is 11.1 Å². The molecule has 3 aromatic carbocycles. The van der Waals surface area contributed by atoms with Gasteiger partial charge in [0.15, 0.2) is 0 Å². The number of halogens is 1. The fourth-order valence-corrected chi connectivity index (χ4v) is 4.21. The summed E-state index contributed by atoms with van der Waals surface area (Å²) < 4.78 is 5.86. The number of imide groups is 1. The van der Waals surface area contributed by atoms with Crippen LogP contribution in [0.15, 0.2) is 71.6 Å². The first-order valence-electron chi connectivity index (χ1n) is 9.74. The number of thioether (sulfide) groups is 1. The van der Waals surface area contributed by atoms with Crippen LogP contribution in [0.1, 0.15) is 22.3 Å². The van der Waals surface area contributed by atoms with E-state index in [1.54, 1.807) is 12.1 Å². The smallest absolute Gasteiger partial charge is 0.298 e. The van der Waals surface area contributed by atoms with Gasteiger partial charge in [0, 0.05) is 5.02 Å². The predicted octanol–water partition coefficient (Wildman–Crippen LogP) is 6.78. The number of anilines is 1. The molecule has 0 N–H and O–H groups in total. The number of aryl methyl sites for hydroxylation is 1. The Morgan fingerprint density at radius 1 is 1.00 bits per heavy atom. The van der Waals surface area contributed by atoms with E-state index in [1.807, 2.05) is 74.5 Å². The van der Waals surface area contributed by atoms with Crippen LogP contribution < -0.4 is 9.64 Å². The number of benzene rings is 3. The highest BCUT2D eigenvalue weighted by Crippen LogP contribution is 2.37. The molecule has 2 amide bonds. The van der Waals surface area contributed by atoms with Crippen LogP contribution >= 0.6 is 23.4 Å². The second kappa shape index (κ2) is 9.00. The summed E-state index contributed by atoms with van der Waals surface area (Å²) in [6.07, 6.45) is 1.73. The molecule has 0 radical (unpaired) electrons. The van der Waals surface area contributed by atoms with E-state index < -0.39 is 0 Å². The van der Waals surface area contributed by atoms with Crippen LogP contribution in [0, 0.1) is 13.8 Å². The molecule has 0 aliphatic carbocycles. The van der Waals surface area contributed by atoms with Gasteiger partial charge in [0.25, 0.3) is 11.1 Å².